The maximum Gasteiger partial charge on any atom is 0.351 e. The zero-order valence-corrected chi connectivity index (χ0v) is 12.5. The van der Waals surface area contributed by atoms with Crippen molar-refractivity contribution in [1.29, 1.82) is 0 Å². The molecule has 116 valence electrons. The molecule has 5 nitrogen and oxygen atoms in total. The van der Waals surface area contributed by atoms with Crippen molar-refractivity contribution in [3.05, 3.63) is 75.1 Å². The Labute approximate surface area is 135 Å². The minimum absolute atomic E-state index is 0.272. The Hall–Kier alpha value is -2.79. The second-order valence-corrected chi connectivity index (χ2v) is 5.30. The van der Waals surface area contributed by atoms with Gasteiger partial charge in [0.1, 0.15) is 23.5 Å². The second-order valence-electron chi connectivity index (χ2n) is 4.87. The van der Waals surface area contributed by atoms with Gasteiger partial charge in [-0.1, -0.05) is 23.7 Å². The van der Waals surface area contributed by atoms with E-state index < -0.39 is 17.2 Å². The third-order valence-corrected chi connectivity index (χ3v) is 3.51. The molecule has 0 amide bonds. The van der Waals surface area contributed by atoms with E-state index in [1.807, 2.05) is 12.1 Å². The molecule has 0 aliphatic carbocycles. The molecular weight excluding hydrogens is 320 g/mol. The Morgan fingerprint density at radius 1 is 1.13 bits per heavy atom. The van der Waals surface area contributed by atoms with Gasteiger partial charge in [-0.3, -0.25) is 0 Å². The number of benzene rings is 2. The first kappa shape index (κ1) is 15.1. The van der Waals surface area contributed by atoms with E-state index in [1.54, 1.807) is 30.3 Å². The summed E-state index contributed by atoms with van der Waals surface area (Å²) in [5.41, 5.74) is -0.0713. The minimum atomic E-state index is -1.32. The van der Waals surface area contributed by atoms with E-state index in [1.165, 1.54) is 6.07 Å². The van der Waals surface area contributed by atoms with Crippen LogP contribution in [0.1, 0.15) is 15.9 Å². The molecule has 1 N–H and O–H groups in total. The fourth-order valence-corrected chi connectivity index (χ4v) is 2.20. The highest BCUT2D eigenvalue weighted by Crippen LogP contribution is 2.21. The maximum absolute atomic E-state index is 11.6. The molecule has 0 aliphatic rings. The SMILES string of the molecule is O=C(O)c1cc2ccc(OCc3ccc(Cl)cc3)cc2oc1=O. The van der Waals surface area contributed by atoms with Crippen LogP contribution in [0.15, 0.2) is 57.7 Å². The molecule has 23 heavy (non-hydrogen) atoms. The van der Waals surface area contributed by atoms with E-state index in [0.29, 0.717) is 22.8 Å². The van der Waals surface area contributed by atoms with Crippen LogP contribution < -0.4 is 10.4 Å². The summed E-state index contributed by atoms with van der Waals surface area (Å²) in [4.78, 5) is 22.5. The normalized spacial score (nSPS) is 10.7. The molecule has 6 heteroatoms. The van der Waals surface area contributed by atoms with E-state index in [2.05, 4.69) is 0 Å². The van der Waals surface area contributed by atoms with Crippen molar-refractivity contribution in [2.45, 2.75) is 6.61 Å². The van der Waals surface area contributed by atoms with Crippen molar-refractivity contribution in [1.82, 2.24) is 0 Å². The lowest BCUT2D eigenvalue weighted by Crippen LogP contribution is -2.12. The summed E-state index contributed by atoms with van der Waals surface area (Å²) >= 11 is 5.82. The van der Waals surface area contributed by atoms with Crippen molar-refractivity contribution in [3.8, 4) is 5.75 Å². The molecule has 2 aromatic carbocycles. The molecular formula is C17H11ClO5. The lowest BCUT2D eigenvalue weighted by atomic mass is 10.2. The van der Waals surface area contributed by atoms with Gasteiger partial charge in [0.2, 0.25) is 0 Å². The van der Waals surface area contributed by atoms with Crippen LogP contribution in [0.25, 0.3) is 11.0 Å². The third-order valence-electron chi connectivity index (χ3n) is 3.26. The van der Waals surface area contributed by atoms with E-state index >= 15 is 0 Å². The molecule has 0 spiro atoms. The molecule has 0 radical (unpaired) electrons. The summed E-state index contributed by atoms with van der Waals surface area (Å²) in [6.07, 6.45) is 0. The third kappa shape index (κ3) is 3.35. The lowest BCUT2D eigenvalue weighted by molar-refractivity contribution is 0.0692. The van der Waals surface area contributed by atoms with Crippen LogP contribution in [0.5, 0.6) is 5.75 Å². The fraction of sp³-hybridized carbons (Fsp3) is 0.0588. The summed E-state index contributed by atoms with van der Waals surface area (Å²) in [5, 5.41) is 10.1. The van der Waals surface area contributed by atoms with Crippen LogP contribution >= 0.6 is 11.6 Å². The fourth-order valence-electron chi connectivity index (χ4n) is 2.08. The number of hydrogen-bond acceptors (Lipinski definition) is 4. The van der Waals surface area contributed by atoms with Gasteiger partial charge in [-0.15, -0.1) is 0 Å². The highest BCUT2D eigenvalue weighted by Gasteiger charge is 2.12. The molecule has 0 saturated heterocycles. The van der Waals surface area contributed by atoms with Crippen molar-refractivity contribution >= 4 is 28.5 Å². The standard InChI is InChI=1S/C17H11ClO5/c18-12-4-1-10(2-5-12)9-22-13-6-3-11-7-14(16(19)20)17(21)23-15(11)8-13/h1-8H,9H2,(H,19,20). The zero-order chi connectivity index (χ0) is 16.4. The van der Waals surface area contributed by atoms with Gasteiger partial charge in [-0.2, -0.15) is 0 Å². The Morgan fingerprint density at radius 3 is 2.57 bits per heavy atom. The number of carboxylic acid groups (broad SMARTS) is 1. The predicted molar refractivity (Wildman–Crippen MR) is 85.2 cm³/mol. The van der Waals surface area contributed by atoms with Gasteiger partial charge in [-0.05, 0) is 35.9 Å². The van der Waals surface area contributed by atoms with Crippen LogP contribution in [0.3, 0.4) is 0 Å². The number of hydrogen-bond donors (Lipinski definition) is 1. The summed E-state index contributed by atoms with van der Waals surface area (Å²) in [6.45, 7) is 0.333. The number of carboxylic acids is 1. The van der Waals surface area contributed by atoms with Crippen LogP contribution in [-0.2, 0) is 6.61 Å². The van der Waals surface area contributed by atoms with Gasteiger partial charge in [0.05, 0.1) is 0 Å². The number of ether oxygens (including phenoxy) is 1. The summed E-state index contributed by atoms with van der Waals surface area (Å²) < 4.78 is 10.7. The van der Waals surface area contributed by atoms with Gasteiger partial charge >= 0.3 is 11.6 Å². The Bertz CT molecular complexity index is 928. The molecule has 0 aliphatic heterocycles. The summed E-state index contributed by atoms with van der Waals surface area (Å²) in [5.74, 6) is -0.803. The van der Waals surface area contributed by atoms with Crippen molar-refractivity contribution in [2.75, 3.05) is 0 Å². The van der Waals surface area contributed by atoms with Crippen molar-refractivity contribution < 1.29 is 19.1 Å². The van der Waals surface area contributed by atoms with Crippen LogP contribution in [0.4, 0.5) is 0 Å². The van der Waals surface area contributed by atoms with Crippen LogP contribution in [0.2, 0.25) is 5.02 Å². The van der Waals surface area contributed by atoms with Crippen molar-refractivity contribution in [2.24, 2.45) is 0 Å². The van der Waals surface area contributed by atoms with E-state index in [0.717, 1.165) is 5.56 Å². The van der Waals surface area contributed by atoms with Gasteiger partial charge in [0.25, 0.3) is 0 Å². The van der Waals surface area contributed by atoms with Gasteiger partial charge in [0.15, 0.2) is 0 Å². The van der Waals surface area contributed by atoms with Gasteiger partial charge in [0, 0.05) is 16.5 Å². The molecule has 3 rings (SSSR count). The first-order chi connectivity index (χ1) is 11.0. The average Bonchev–Trinajstić information content (AvgIpc) is 2.53. The molecule has 0 fully saturated rings. The Balaban J connectivity index is 1.85. The number of halogens is 1. The molecule has 3 aromatic rings. The largest absolute Gasteiger partial charge is 0.489 e. The molecule has 1 aromatic heterocycles. The molecule has 0 bridgehead atoms. The quantitative estimate of drug-likeness (QED) is 0.738. The predicted octanol–water partition coefficient (Wildman–Crippen LogP) is 3.72. The molecule has 0 saturated carbocycles. The molecule has 0 atom stereocenters. The van der Waals surface area contributed by atoms with Crippen LogP contribution in [-0.4, -0.2) is 11.1 Å². The first-order valence-corrected chi connectivity index (χ1v) is 7.09. The highest BCUT2D eigenvalue weighted by molar-refractivity contribution is 6.30. The summed E-state index contributed by atoms with van der Waals surface area (Å²) in [7, 11) is 0. The van der Waals surface area contributed by atoms with Crippen LogP contribution in [0, 0.1) is 0 Å². The summed E-state index contributed by atoms with van der Waals surface area (Å²) in [6, 6.07) is 13.4. The number of carbonyl (C=O) groups is 1. The molecule has 1 heterocycles. The van der Waals surface area contributed by atoms with E-state index in [-0.39, 0.29) is 5.58 Å². The maximum atomic E-state index is 11.6. The monoisotopic (exact) mass is 330 g/mol. The Kier molecular flexibility index (Phi) is 4.04. The second kappa shape index (κ2) is 6.14. The van der Waals surface area contributed by atoms with Gasteiger partial charge in [-0.25, -0.2) is 9.59 Å². The van der Waals surface area contributed by atoms with Gasteiger partial charge < -0.3 is 14.3 Å². The zero-order valence-electron chi connectivity index (χ0n) is 11.8. The smallest absolute Gasteiger partial charge is 0.351 e. The number of aromatic carboxylic acids is 1. The Morgan fingerprint density at radius 2 is 1.87 bits per heavy atom. The van der Waals surface area contributed by atoms with E-state index in [9.17, 15) is 9.59 Å². The van der Waals surface area contributed by atoms with Crippen molar-refractivity contribution in [3.63, 3.8) is 0 Å². The average molecular weight is 331 g/mol. The first-order valence-electron chi connectivity index (χ1n) is 6.71. The van der Waals surface area contributed by atoms with E-state index in [4.69, 9.17) is 25.9 Å². The molecule has 0 unspecified atom stereocenters. The lowest BCUT2D eigenvalue weighted by Gasteiger charge is -2.07. The topological polar surface area (TPSA) is 76.7 Å². The minimum Gasteiger partial charge on any atom is -0.489 e. The number of rotatable bonds is 4. The highest BCUT2D eigenvalue weighted by atomic mass is 35.5. The number of fused-ring (bicyclic) bond motifs is 1.